The van der Waals surface area contributed by atoms with Crippen LogP contribution in [-0.2, 0) is 9.59 Å². The Balaban J connectivity index is 0.000000487. The van der Waals surface area contributed by atoms with Crippen LogP contribution in [0.1, 0.15) is 32.6 Å². The van der Waals surface area contributed by atoms with E-state index in [1.807, 2.05) is 18.2 Å². The minimum Gasteiger partial charge on any atom is -0.492 e. The maximum atomic E-state index is 9.10. The number of carbonyl (C=O) groups is 2. The lowest BCUT2D eigenvalue weighted by Crippen LogP contribution is -2.35. The summed E-state index contributed by atoms with van der Waals surface area (Å²) in [6.07, 6.45) is 5.05. The van der Waals surface area contributed by atoms with Gasteiger partial charge in [-0.2, -0.15) is 0 Å². The molecule has 0 radical (unpaired) electrons. The first kappa shape index (κ1) is 22.7. The summed E-state index contributed by atoms with van der Waals surface area (Å²) in [4.78, 5) is 20.8. The van der Waals surface area contributed by atoms with Crippen molar-refractivity contribution in [3.8, 4) is 5.75 Å². The number of halogens is 2. The van der Waals surface area contributed by atoms with Gasteiger partial charge in [-0.15, -0.1) is 0 Å². The summed E-state index contributed by atoms with van der Waals surface area (Å²) < 4.78 is 6.70. The van der Waals surface area contributed by atoms with Crippen LogP contribution in [0.3, 0.4) is 0 Å². The van der Waals surface area contributed by atoms with E-state index in [1.54, 1.807) is 0 Å². The normalized spacial score (nSPS) is 17.1. The molecule has 0 aliphatic carbocycles. The number of hydrogen-bond acceptors (Lipinski definition) is 4. The van der Waals surface area contributed by atoms with Crippen LogP contribution in [0.4, 0.5) is 0 Å². The van der Waals surface area contributed by atoms with Gasteiger partial charge in [-0.1, -0.05) is 18.5 Å². The molecule has 0 amide bonds. The topological polar surface area (TPSA) is 87.1 Å². The molecule has 26 heavy (non-hydrogen) atoms. The van der Waals surface area contributed by atoms with Gasteiger partial charge in [0.05, 0.1) is 11.1 Å². The Kier molecular flexibility index (Phi) is 10.6. The van der Waals surface area contributed by atoms with E-state index in [-0.39, 0.29) is 0 Å². The molecule has 1 heterocycles. The van der Waals surface area contributed by atoms with Crippen molar-refractivity contribution in [1.29, 1.82) is 0 Å². The van der Waals surface area contributed by atoms with E-state index < -0.39 is 11.9 Å². The molecule has 1 aromatic carbocycles. The summed E-state index contributed by atoms with van der Waals surface area (Å²) in [7, 11) is 0. The van der Waals surface area contributed by atoms with Crippen molar-refractivity contribution in [3.05, 3.63) is 27.7 Å². The molecular formula is C18H25BrClNO5. The van der Waals surface area contributed by atoms with E-state index >= 15 is 0 Å². The highest BCUT2D eigenvalue weighted by Gasteiger charge is 2.15. The monoisotopic (exact) mass is 449 g/mol. The third-order valence-corrected chi connectivity index (χ3v) is 4.80. The van der Waals surface area contributed by atoms with Gasteiger partial charge in [0, 0.05) is 11.6 Å². The Morgan fingerprint density at radius 1 is 1.31 bits per heavy atom. The quantitative estimate of drug-likeness (QED) is 0.500. The minimum absolute atomic E-state index is 0.725. The fourth-order valence-electron chi connectivity index (χ4n) is 2.70. The van der Waals surface area contributed by atoms with Crippen molar-refractivity contribution in [2.45, 2.75) is 32.6 Å². The molecule has 146 valence electrons. The zero-order valence-electron chi connectivity index (χ0n) is 14.8. The first-order chi connectivity index (χ1) is 12.3. The number of likely N-dealkylation sites (tertiary alicyclic amines) is 1. The fraction of sp³-hybridized carbons (Fsp3) is 0.556. The highest BCUT2D eigenvalue weighted by atomic mass is 79.9. The summed E-state index contributed by atoms with van der Waals surface area (Å²) >= 11 is 9.38. The molecule has 1 atom stereocenters. The van der Waals surface area contributed by atoms with Crippen LogP contribution in [0.5, 0.6) is 5.75 Å². The molecule has 1 saturated heterocycles. The summed E-state index contributed by atoms with van der Waals surface area (Å²) in [5.41, 5.74) is 0. The average Bonchev–Trinajstić information content (AvgIpc) is 2.57. The largest absolute Gasteiger partial charge is 0.492 e. The molecule has 1 aliphatic rings. The van der Waals surface area contributed by atoms with Crippen molar-refractivity contribution >= 4 is 39.5 Å². The molecule has 6 nitrogen and oxygen atoms in total. The highest BCUT2D eigenvalue weighted by molar-refractivity contribution is 9.10. The lowest BCUT2D eigenvalue weighted by atomic mass is 10.0. The van der Waals surface area contributed by atoms with Crippen LogP contribution in [-0.4, -0.2) is 53.3 Å². The summed E-state index contributed by atoms with van der Waals surface area (Å²) in [5, 5.41) is 15.5. The number of ether oxygens (including phenoxy) is 1. The second-order valence-electron chi connectivity index (χ2n) is 6.29. The van der Waals surface area contributed by atoms with Gasteiger partial charge in [-0.3, -0.25) is 0 Å². The Labute approximate surface area is 167 Å². The second-order valence-corrected chi connectivity index (χ2v) is 7.58. The highest BCUT2D eigenvalue weighted by Crippen LogP contribution is 2.28. The van der Waals surface area contributed by atoms with E-state index in [1.165, 1.54) is 38.9 Å². The molecule has 2 N–H and O–H groups in total. The van der Waals surface area contributed by atoms with E-state index in [9.17, 15) is 0 Å². The molecule has 1 unspecified atom stereocenters. The van der Waals surface area contributed by atoms with Gasteiger partial charge in [0.15, 0.2) is 0 Å². The van der Waals surface area contributed by atoms with Crippen LogP contribution in [0.25, 0.3) is 0 Å². The Bertz CT molecular complexity index is 587. The van der Waals surface area contributed by atoms with E-state index in [4.69, 9.17) is 36.1 Å². The number of carboxylic acid groups (broad SMARTS) is 2. The predicted octanol–water partition coefficient (Wildman–Crippen LogP) is 4.15. The first-order valence-electron chi connectivity index (χ1n) is 8.56. The lowest BCUT2D eigenvalue weighted by Gasteiger charge is -2.30. The predicted molar refractivity (Wildman–Crippen MR) is 104 cm³/mol. The van der Waals surface area contributed by atoms with Crippen LogP contribution in [0.15, 0.2) is 22.7 Å². The Morgan fingerprint density at radius 2 is 2.00 bits per heavy atom. The van der Waals surface area contributed by atoms with Gasteiger partial charge in [0.1, 0.15) is 5.75 Å². The molecule has 1 aromatic rings. The van der Waals surface area contributed by atoms with Crippen LogP contribution in [0, 0.1) is 5.92 Å². The zero-order chi connectivity index (χ0) is 19.5. The Hall–Kier alpha value is -1.31. The van der Waals surface area contributed by atoms with Crippen molar-refractivity contribution in [2.24, 2.45) is 5.92 Å². The van der Waals surface area contributed by atoms with E-state index in [2.05, 4.69) is 27.8 Å². The zero-order valence-corrected chi connectivity index (χ0v) is 17.1. The van der Waals surface area contributed by atoms with E-state index in [0.29, 0.717) is 0 Å². The molecular weight excluding hydrogens is 426 g/mol. The van der Waals surface area contributed by atoms with Gasteiger partial charge in [0.25, 0.3) is 0 Å². The van der Waals surface area contributed by atoms with Crippen LogP contribution >= 0.6 is 27.5 Å². The maximum absolute atomic E-state index is 9.10. The number of piperidine rings is 1. The number of carboxylic acids is 2. The van der Waals surface area contributed by atoms with Crippen molar-refractivity contribution < 1.29 is 24.5 Å². The molecule has 1 fully saturated rings. The van der Waals surface area contributed by atoms with Crippen molar-refractivity contribution in [1.82, 2.24) is 4.90 Å². The summed E-state index contributed by atoms with van der Waals surface area (Å²) in [6, 6.07) is 5.64. The Morgan fingerprint density at radius 3 is 2.58 bits per heavy atom. The number of aliphatic carboxylic acids is 2. The molecule has 1 aliphatic heterocycles. The van der Waals surface area contributed by atoms with Gasteiger partial charge in [-0.05, 0) is 78.8 Å². The number of unbranched alkanes of at least 4 members (excludes halogenated alkanes) is 1. The fourth-order valence-corrected chi connectivity index (χ4v) is 3.50. The molecule has 0 saturated carbocycles. The molecule has 8 heteroatoms. The molecule has 0 spiro atoms. The third-order valence-electron chi connectivity index (χ3n) is 3.94. The van der Waals surface area contributed by atoms with Gasteiger partial charge < -0.3 is 19.8 Å². The van der Waals surface area contributed by atoms with E-state index in [0.717, 1.165) is 34.2 Å². The number of benzene rings is 1. The molecule has 2 rings (SSSR count). The summed E-state index contributed by atoms with van der Waals surface area (Å²) in [6.45, 7) is 6.87. The molecule has 0 aromatic heterocycles. The van der Waals surface area contributed by atoms with Crippen molar-refractivity contribution in [2.75, 3.05) is 26.2 Å². The third kappa shape index (κ3) is 9.40. The standard InChI is InChI=1S/C16H23BrClNO.C2H2O4/c1-13-5-4-9-19(12-13)8-2-3-10-20-16-7-6-14(18)11-15(16)17;3-1(4)2(5)6/h6-7,11,13H,2-5,8-10,12H2,1H3;(H,3,4)(H,5,6). The smallest absolute Gasteiger partial charge is 0.414 e. The number of rotatable bonds is 6. The SMILES string of the molecule is CC1CCCN(CCCCOc2ccc(Cl)cc2Br)C1.O=C(O)C(=O)O. The second kappa shape index (κ2) is 12.1. The number of hydrogen-bond donors (Lipinski definition) is 2. The van der Waals surface area contributed by atoms with Crippen molar-refractivity contribution in [3.63, 3.8) is 0 Å². The van der Waals surface area contributed by atoms with Crippen LogP contribution < -0.4 is 4.74 Å². The van der Waals surface area contributed by atoms with Gasteiger partial charge in [-0.25, -0.2) is 9.59 Å². The lowest BCUT2D eigenvalue weighted by molar-refractivity contribution is -0.159. The van der Waals surface area contributed by atoms with Crippen LogP contribution in [0.2, 0.25) is 5.02 Å². The minimum atomic E-state index is -1.82. The maximum Gasteiger partial charge on any atom is 0.414 e. The average molecular weight is 451 g/mol. The van der Waals surface area contributed by atoms with Gasteiger partial charge >= 0.3 is 11.9 Å². The molecule has 0 bridgehead atoms. The van der Waals surface area contributed by atoms with Gasteiger partial charge in [0.2, 0.25) is 0 Å². The summed E-state index contributed by atoms with van der Waals surface area (Å²) in [5.74, 6) is -1.91. The first-order valence-corrected chi connectivity index (χ1v) is 9.73. The number of nitrogens with zero attached hydrogens (tertiary/aromatic N) is 1.